The molecule has 1 aromatic carbocycles. The Labute approximate surface area is 156 Å². The Morgan fingerprint density at radius 1 is 1.30 bits per heavy atom. The molecule has 2 aromatic heterocycles. The van der Waals surface area contributed by atoms with Crippen molar-refractivity contribution in [3.63, 3.8) is 0 Å². The summed E-state index contributed by atoms with van der Waals surface area (Å²) in [6.45, 7) is 1.87. The second-order valence-corrected chi connectivity index (χ2v) is 5.58. The van der Waals surface area contributed by atoms with E-state index in [4.69, 9.17) is 11.7 Å². The second kappa shape index (κ2) is 7.89. The molecule has 0 saturated carbocycles. The van der Waals surface area contributed by atoms with Gasteiger partial charge in [0.2, 0.25) is 0 Å². The molecule has 3 aromatic rings. The summed E-state index contributed by atoms with van der Waals surface area (Å²) in [4.78, 5) is 27.1. The first-order chi connectivity index (χ1) is 13.2. The number of carbonyl (C=O) groups excluding carboxylic acids is 1. The molecule has 0 N–H and O–H groups in total. The number of rotatable bonds is 5. The molecule has 3 rings (SSSR count). The molecular weight excluding hydrogens is 342 g/mol. The van der Waals surface area contributed by atoms with Gasteiger partial charge < -0.3 is 4.90 Å². The number of benzene rings is 1. The third kappa shape index (κ3) is 3.65. The van der Waals surface area contributed by atoms with E-state index in [-0.39, 0.29) is 12.5 Å². The highest BCUT2D eigenvalue weighted by Crippen LogP contribution is 2.22. The number of amides is 1. The number of nitrogens with zero attached hydrogens (tertiary/aromatic N) is 7. The van der Waals surface area contributed by atoms with Crippen LogP contribution in [0, 0.1) is 23.7 Å². The van der Waals surface area contributed by atoms with Crippen LogP contribution in [0.25, 0.3) is 5.95 Å². The molecule has 8 heteroatoms. The Morgan fingerprint density at radius 3 is 2.78 bits per heavy atom. The number of hydrogen-bond donors (Lipinski definition) is 0. The van der Waals surface area contributed by atoms with E-state index >= 15 is 0 Å². The van der Waals surface area contributed by atoms with E-state index in [0.717, 1.165) is 0 Å². The smallest absolute Gasteiger partial charge is 0.255 e. The third-order valence-electron chi connectivity index (χ3n) is 3.92. The summed E-state index contributed by atoms with van der Waals surface area (Å²) in [5, 5.41) is 13.2. The summed E-state index contributed by atoms with van der Waals surface area (Å²) in [5.74, 6) is 3.01. The van der Waals surface area contributed by atoms with Crippen LogP contribution in [0.5, 0.6) is 0 Å². The fourth-order valence-electron chi connectivity index (χ4n) is 2.60. The lowest BCUT2D eigenvalue weighted by atomic mass is 10.1. The highest BCUT2D eigenvalue weighted by atomic mass is 16.2. The van der Waals surface area contributed by atoms with Gasteiger partial charge in [-0.15, -0.1) is 6.42 Å². The lowest BCUT2D eigenvalue weighted by Crippen LogP contribution is -2.35. The molecule has 0 aliphatic carbocycles. The summed E-state index contributed by atoms with van der Waals surface area (Å²) < 4.78 is 1.47. The zero-order valence-electron chi connectivity index (χ0n) is 14.5. The first-order valence-electron chi connectivity index (χ1n) is 8.07. The number of carbonyl (C=O) groups is 1. The van der Waals surface area contributed by atoms with Gasteiger partial charge in [-0.25, -0.2) is 15.0 Å². The van der Waals surface area contributed by atoms with Crippen molar-refractivity contribution in [3.8, 4) is 24.4 Å². The van der Waals surface area contributed by atoms with Crippen molar-refractivity contribution in [3.05, 3.63) is 66.0 Å². The van der Waals surface area contributed by atoms with Gasteiger partial charge >= 0.3 is 0 Å². The van der Waals surface area contributed by atoms with E-state index in [1.54, 1.807) is 43.6 Å². The standard InChI is InChI=1S/C19H15N7O/c1-3-10-25(18(27)16-7-4-6-15(11-16)12-20)14(2)17-23-13-24-26(17)19-21-8-5-9-22-19/h1,4-9,11,13-14H,10H2,2H3. The number of nitriles is 1. The van der Waals surface area contributed by atoms with Crippen LogP contribution in [-0.4, -0.2) is 42.1 Å². The Hall–Kier alpha value is -4.04. The SMILES string of the molecule is C#CCN(C(=O)c1cccc(C#N)c1)C(C)c1ncnn1-c1ncccn1. The van der Waals surface area contributed by atoms with Gasteiger partial charge in [-0.2, -0.15) is 15.0 Å². The summed E-state index contributed by atoms with van der Waals surface area (Å²) in [6.07, 6.45) is 10.0. The van der Waals surface area contributed by atoms with Gasteiger partial charge in [0, 0.05) is 18.0 Å². The Balaban J connectivity index is 1.97. The monoisotopic (exact) mass is 357 g/mol. The van der Waals surface area contributed by atoms with Crippen LogP contribution in [0.15, 0.2) is 49.1 Å². The Bertz CT molecular complexity index is 1030. The topological polar surface area (TPSA) is 101 Å². The Morgan fingerprint density at radius 2 is 2.07 bits per heavy atom. The molecule has 0 radical (unpaired) electrons. The summed E-state index contributed by atoms with van der Waals surface area (Å²) in [5.41, 5.74) is 0.771. The predicted molar refractivity (Wildman–Crippen MR) is 96.4 cm³/mol. The van der Waals surface area contributed by atoms with E-state index in [1.165, 1.54) is 22.0 Å². The summed E-state index contributed by atoms with van der Waals surface area (Å²) >= 11 is 0. The van der Waals surface area contributed by atoms with Crippen molar-refractivity contribution in [2.24, 2.45) is 0 Å². The van der Waals surface area contributed by atoms with Crippen molar-refractivity contribution in [2.45, 2.75) is 13.0 Å². The van der Waals surface area contributed by atoms with Gasteiger partial charge in [0.1, 0.15) is 6.33 Å². The summed E-state index contributed by atoms with van der Waals surface area (Å²) in [6, 6.07) is 9.69. The van der Waals surface area contributed by atoms with Crippen molar-refractivity contribution < 1.29 is 4.79 Å². The lowest BCUT2D eigenvalue weighted by Gasteiger charge is -2.27. The maximum absolute atomic E-state index is 13.0. The molecule has 1 unspecified atom stereocenters. The Kier molecular flexibility index (Phi) is 5.20. The molecule has 1 amide bonds. The minimum Gasteiger partial charge on any atom is -0.318 e. The maximum Gasteiger partial charge on any atom is 0.255 e. The fourth-order valence-corrected chi connectivity index (χ4v) is 2.60. The first-order valence-corrected chi connectivity index (χ1v) is 8.07. The van der Waals surface area contributed by atoms with Crippen LogP contribution in [0.1, 0.15) is 34.7 Å². The largest absolute Gasteiger partial charge is 0.318 e. The number of terminal acetylenes is 1. The highest BCUT2D eigenvalue weighted by Gasteiger charge is 2.27. The zero-order valence-corrected chi connectivity index (χ0v) is 14.5. The van der Waals surface area contributed by atoms with Crippen LogP contribution in [-0.2, 0) is 0 Å². The summed E-state index contributed by atoms with van der Waals surface area (Å²) in [7, 11) is 0. The molecule has 0 saturated heterocycles. The average molecular weight is 357 g/mol. The van der Waals surface area contributed by atoms with Crippen LogP contribution < -0.4 is 0 Å². The molecular formula is C19H15N7O. The molecule has 1 atom stereocenters. The van der Waals surface area contributed by atoms with E-state index in [0.29, 0.717) is 22.9 Å². The molecule has 8 nitrogen and oxygen atoms in total. The normalized spacial score (nSPS) is 11.2. The van der Waals surface area contributed by atoms with Crippen molar-refractivity contribution in [2.75, 3.05) is 6.54 Å². The maximum atomic E-state index is 13.0. The molecule has 27 heavy (non-hydrogen) atoms. The lowest BCUT2D eigenvalue weighted by molar-refractivity contribution is 0.0710. The van der Waals surface area contributed by atoms with Crippen LogP contribution in [0.2, 0.25) is 0 Å². The zero-order chi connectivity index (χ0) is 19.2. The highest BCUT2D eigenvalue weighted by molar-refractivity contribution is 5.95. The van der Waals surface area contributed by atoms with Gasteiger partial charge in [0.05, 0.1) is 24.2 Å². The van der Waals surface area contributed by atoms with E-state index in [9.17, 15) is 4.79 Å². The van der Waals surface area contributed by atoms with Crippen molar-refractivity contribution in [1.82, 2.24) is 29.6 Å². The molecule has 0 aliphatic rings. The minimum atomic E-state index is -0.495. The second-order valence-electron chi connectivity index (χ2n) is 5.58. The predicted octanol–water partition coefficient (Wildman–Crippen LogP) is 1.77. The van der Waals surface area contributed by atoms with Gasteiger partial charge in [-0.1, -0.05) is 12.0 Å². The minimum absolute atomic E-state index is 0.0687. The molecule has 0 bridgehead atoms. The molecule has 2 heterocycles. The van der Waals surface area contributed by atoms with Gasteiger partial charge in [0.15, 0.2) is 5.82 Å². The van der Waals surface area contributed by atoms with E-state index < -0.39 is 6.04 Å². The van der Waals surface area contributed by atoms with E-state index in [2.05, 4.69) is 26.0 Å². The third-order valence-corrected chi connectivity index (χ3v) is 3.92. The molecule has 132 valence electrons. The van der Waals surface area contributed by atoms with Gasteiger partial charge in [0.25, 0.3) is 11.9 Å². The van der Waals surface area contributed by atoms with E-state index in [1.807, 2.05) is 6.07 Å². The molecule has 0 fully saturated rings. The van der Waals surface area contributed by atoms with Gasteiger partial charge in [-0.3, -0.25) is 4.79 Å². The average Bonchev–Trinajstić information content (AvgIpc) is 3.21. The van der Waals surface area contributed by atoms with Crippen LogP contribution in [0.4, 0.5) is 0 Å². The first kappa shape index (κ1) is 17.8. The van der Waals surface area contributed by atoms with Crippen LogP contribution in [0.3, 0.4) is 0 Å². The van der Waals surface area contributed by atoms with Gasteiger partial charge in [-0.05, 0) is 31.2 Å². The van der Waals surface area contributed by atoms with Crippen molar-refractivity contribution >= 4 is 5.91 Å². The van der Waals surface area contributed by atoms with Crippen molar-refractivity contribution in [1.29, 1.82) is 5.26 Å². The molecule has 0 spiro atoms. The number of aromatic nitrogens is 5. The molecule has 0 aliphatic heterocycles. The van der Waals surface area contributed by atoms with Crippen LogP contribution >= 0.6 is 0 Å². The fraction of sp³-hybridized carbons (Fsp3) is 0.158. The quantitative estimate of drug-likeness (QED) is 0.645. The number of hydrogen-bond acceptors (Lipinski definition) is 6.